The maximum absolute atomic E-state index is 11.1. The van der Waals surface area contributed by atoms with Crippen LogP contribution in [0.15, 0.2) is 12.4 Å². The van der Waals surface area contributed by atoms with Gasteiger partial charge in [-0.2, -0.15) is 0 Å². The van der Waals surface area contributed by atoms with Gasteiger partial charge in [-0.1, -0.05) is 27.2 Å². The van der Waals surface area contributed by atoms with Crippen LogP contribution in [0.3, 0.4) is 0 Å². The van der Waals surface area contributed by atoms with Crippen molar-refractivity contribution in [2.24, 2.45) is 0 Å². The van der Waals surface area contributed by atoms with Crippen LogP contribution < -0.4 is 0 Å². The number of carbonyl (C=O) groups is 1. The van der Waals surface area contributed by atoms with Gasteiger partial charge in [0.15, 0.2) is 0 Å². The van der Waals surface area contributed by atoms with Crippen molar-refractivity contribution in [3.05, 3.63) is 23.8 Å². The van der Waals surface area contributed by atoms with E-state index in [-0.39, 0.29) is 5.92 Å². The Hall–Kier alpha value is -1.45. The Balaban J connectivity index is 3.00. The maximum Gasteiger partial charge on any atom is 0.312 e. The van der Waals surface area contributed by atoms with Gasteiger partial charge in [-0.25, -0.2) is 9.97 Å². The van der Waals surface area contributed by atoms with Gasteiger partial charge in [-0.05, 0) is 18.4 Å². The summed E-state index contributed by atoms with van der Waals surface area (Å²) in [7, 11) is 0. The molecule has 1 aromatic heterocycles. The van der Waals surface area contributed by atoms with Gasteiger partial charge in [0.25, 0.3) is 0 Å². The van der Waals surface area contributed by atoms with Crippen LogP contribution in [-0.2, 0) is 4.79 Å². The zero-order chi connectivity index (χ0) is 12.1. The van der Waals surface area contributed by atoms with Gasteiger partial charge in [0.1, 0.15) is 6.33 Å². The minimum absolute atomic E-state index is 0.290. The van der Waals surface area contributed by atoms with Gasteiger partial charge >= 0.3 is 5.97 Å². The monoisotopic (exact) mass is 222 g/mol. The van der Waals surface area contributed by atoms with E-state index in [1.807, 2.05) is 20.8 Å². The number of nitrogens with zero attached hydrogens (tertiary/aromatic N) is 2. The van der Waals surface area contributed by atoms with Crippen LogP contribution in [-0.4, -0.2) is 21.0 Å². The lowest BCUT2D eigenvalue weighted by Gasteiger charge is -2.12. The largest absolute Gasteiger partial charge is 0.481 e. The topological polar surface area (TPSA) is 63.1 Å². The Morgan fingerprint density at radius 2 is 2.00 bits per heavy atom. The molecule has 1 heterocycles. The molecule has 1 aromatic rings. The molecule has 0 saturated carbocycles. The van der Waals surface area contributed by atoms with Crippen molar-refractivity contribution in [3.8, 4) is 0 Å². The Morgan fingerprint density at radius 1 is 1.38 bits per heavy atom. The van der Waals surface area contributed by atoms with Crippen molar-refractivity contribution in [1.82, 2.24) is 9.97 Å². The van der Waals surface area contributed by atoms with Gasteiger partial charge < -0.3 is 5.11 Å². The summed E-state index contributed by atoms with van der Waals surface area (Å²) in [5.41, 5.74) is 1.51. The zero-order valence-corrected chi connectivity index (χ0v) is 9.97. The van der Waals surface area contributed by atoms with Crippen molar-refractivity contribution in [2.45, 2.75) is 45.4 Å². The third-order valence-electron chi connectivity index (χ3n) is 2.53. The molecule has 1 N–H and O–H groups in total. The van der Waals surface area contributed by atoms with Gasteiger partial charge in [0, 0.05) is 5.69 Å². The van der Waals surface area contributed by atoms with E-state index in [2.05, 4.69) is 9.97 Å². The van der Waals surface area contributed by atoms with E-state index in [0.717, 1.165) is 12.1 Å². The number of rotatable bonds is 5. The van der Waals surface area contributed by atoms with Crippen molar-refractivity contribution >= 4 is 5.97 Å². The highest BCUT2D eigenvalue weighted by molar-refractivity contribution is 5.75. The highest BCUT2D eigenvalue weighted by Gasteiger charge is 2.20. The number of carboxylic acid groups (broad SMARTS) is 1. The maximum atomic E-state index is 11.1. The minimum Gasteiger partial charge on any atom is -0.481 e. The summed E-state index contributed by atoms with van der Waals surface area (Å²) in [6.07, 6.45) is 2.90. The Morgan fingerprint density at radius 3 is 2.50 bits per heavy atom. The highest BCUT2D eigenvalue weighted by Crippen LogP contribution is 2.21. The first-order chi connectivity index (χ1) is 7.56. The molecule has 4 nitrogen and oxygen atoms in total. The molecule has 1 atom stereocenters. The van der Waals surface area contributed by atoms with E-state index in [4.69, 9.17) is 5.11 Å². The molecule has 0 aliphatic heterocycles. The van der Waals surface area contributed by atoms with Crippen LogP contribution in [0.25, 0.3) is 0 Å². The molecule has 0 radical (unpaired) electrons. The Kier molecular flexibility index (Phi) is 4.40. The summed E-state index contributed by atoms with van der Waals surface area (Å²) in [5, 5.41) is 9.13. The average molecular weight is 222 g/mol. The third-order valence-corrected chi connectivity index (χ3v) is 2.53. The van der Waals surface area contributed by atoms with E-state index < -0.39 is 11.9 Å². The molecule has 0 fully saturated rings. The molecular formula is C12H18N2O2. The average Bonchev–Trinajstić information content (AvgIpc) is 2.25. The molecule has 88 valence electrons. The number of aromatic nitrogens is 2. The second-order valence-corrected chi connectivity index (χ2v) is 4.20. The smallest absolute Gasteiger partial charge is 0.312 e. The van der Waals surface area contributed by atoms with Crippen LogP contribution in [0.2, 0.25) is 0 Å². The number of carboxylic acids is 1. The minimum atomic E-state index is -0.810. The summed E-state index contributed by atoms with van der Waals surface area (Å²) in [4.78, 5) is 19.3. The molecule has 0 amide bonds. The lowest BCUT2D eigenvalue weighted by atomic mass is 9.98. The first-order valence-corrected chi connectivity index (χ1v) is 5.60. The fourth-order valence-corrected chi connectivity index (χ4v) is 1.58. The van der Waals surface area contributed by atoms with Gasteiger partial charge in [-0.3, -0.25) is 4.79 Å². The summed E-state index contributed by atoms with van der Waals surface area (Å²) in [6.45, 7) is 6.03. The normalized spacial score (nSPS) is 12.8. The molecule has 0 aromatic carbocycles. The molecule has 0 aliphatic rings. The molecule has 1 rings (SSSR count). The van der Waals surface area contributed by atoms with Crippen LogP contribution in [0, 0.1) is 0 Å². The first kappa shape index (κ1) is 12.6. The summed E-state index contributed by atoms with van der Waals surface area (Å²) >= 11 is 0. The van der Waals surface area contributed by atoms with Crippen molar-refractivity contribution in [1.29, 1.82) is 0 Å². The summed E-state index contributed by atoms with van der Waals surface area (Å²) < 4.78 is 0. The van der Waals surface area contributed by atoms with Gasteiger partial charge in [-0.15, -0.1) is 0 Å². The van der Waals surface area contributed by atoms with Crippen molar-refractivity contribution < 1.29 is 9.90 Å². The van der Waals surface area contributed by atoms with E-state index >= 15 is 0 Å². The number of aliphatic carboxylic acids is 1. The van der Waals surface area contributed by atoms with Crippen LogP contribution in [0.4, 0.5) is 0 Å². The first-order valence-electron chi connectivity index (χ1n) is 5.60. The predicted octanol–water partition coefficient (Wildman–Crippen LogP) is 2.57. The standard InChI is InChI=1S/C12H18N2O2/c1-4-5-9(12(15)16)11-6-10(8(2)3)13-7-14-11/h6-9H,4-5H2,1-3H3,(H,15,16). The lowest BCUT2D eigenvalue weighted by Crippen LogP contribution is -2.14. The van der Waals surface area contributed by atoms with Crippen LogP contribution in [0.5, 0.6) is 0 Å². The number of hydrogen-bond donors (Lipinski definition) is 1. The third kappa shape index (κ3) is 3.02. The summed E-state index contributed by atoms with van der Waals surface area (Å²) in [5.74, 6) is -1.03. The highest BCUT2D eigenvalue weighted by atomic mass is 16.4. The quantitative estimate of drug-likeness (QED) is 0.831. The van der Waals surface area contributed by atoms with Crippen LogP contribution in [0.1, 0.15) is 56.8 Å². The lowest BCUT2D eigenvalue weighted by molar-refractivity contribution is -0.139. The molecule has 0 bridgehead atoms. The molecule has 0 aliphatic carbocycles. The fraction of sp³-hybridized carbons (Fsp3) is 0.583. The van der Waals surface area contributed by atoms with E-state index in [0.29, 0.717) is 12.1 Å². The second-order valence-electron chi connectivity index (χ2n) is 4.20. The van der Waals surface area contributed by atoms with Gasteiger partial charge in [0.05, 0.1) is 11.6 Å². The second kappa shape index (κ2) is 5.58. The van der Waals surface area contributed by atoms with Gasteiger partial charge in [0.2, 0.25) is 0 Å². The van der Waals surface area contributed by atoms with E-state index in [1.54, 1.807) is 6.07 Å². The van der Waals surface area contributed by atoms with Crippen molar-refractivity contribution in [2.75, 3.05) is 0 Å². The molecule has 16 heavy (non-hydrogen) atoms. The SMILES string of the molecule is CCCC(C(=O)O)c1cc(C(C)C)ncn1. The Bertz CT molecular complexity index is 364. The van der Waals surface area contributed by atoms with E-state index in [1.165, 1.54) is 6.33 Å². The number of hydrogen-bond acceptors (Lipinski definition) is 3. The van der Waals surface area contributed by atoms with Crippen molar-refractivity contribution in [3.63, 3.8) is 0 Å². The van der Waals surface area contributed by atoms with Crippen LogP contribution >= 0.6 is 0 Å². The molecule has 1 unspecified atom stereocenters. The molecular weight excluding hydrogens is 204 g/mol. The zero-order valence-electron chi connectivity index (χ0n) is 9.97. The molecule has 4 heteroatoms. The predicted molar refractivity (Wildman–Crippen MR) is 61.4 cm³/mol. The molecule has 0 saturated heterocycles. The fourth-order valence-electron chi connectivity index (χ4n) is 1.58. The molecule has 0 spiro atoms. The Labute approximate surface area is 95.7 Å². The summed E-state index contributed by atoms with van der Waals surface area (Å²) in [6, 6.07) is 1.80. The van der Waals surface area contributed by atoms with E-state index in [9.17, 15) is 4.79 Å².